The number of nitrogens with zero attached hydrogens (tertiary/aromatic N) is 1. The predicted octanol–water partition coefficient (Wildman–Crippen LogP) is 7.60. The fraction of sp³-hybridized carbons (Fsp3) is 0.385. The van der Waals surface area contributed by atoms with Crippen LogP contribution in [0.25, 0.3) is 10.9 Å². The number of halogens is 2. The van der Waals surface area contributed by atoms with Gasteiger partial charge in [0.15, 0.2) is 5.78 Å². The predicted molar refractivity (Wildman–Crippen MR) is 121 cm³/mol. The number of aromatic nitrogens is 1. The molecule has 1 unspecified atom stereocenters. The van der Waals surface area contributed by atoms with Gasteiger partial charge in [0.2, 0.25) is 0 Å². The van der Waals surface area contributed by atoms with E-state index >= 15 is 0 Å². The third-order valence-corrected chi connectivity index (χ3v) is 7.01. The van der Waals surface area contributed by atoms with Gasteiger partial charge in [0.1, 0.15) is 5.82 Å². The van der Waals surface area contributed by atoms with Crippen LogP contribution in [0.15, 0.2) is 54.7 Å². The number of fused-ring (bicyclic) bond motifs is 1. The van der Waals surface area contributed by atoms with Crippen molar-refractivity contribution in [3.63, 3.8) is 0 Å². The molecule has 3 aromatic rings. The molecule has 0 amide bonds. The second-order valence-electron chi connectivity index (χ2n) is 8.48. The molecule has 1 atom stereocenters. The third kappa shape index (κ3) is 4.57. The summed E-state index contributed by atoms with van der Waals surface area (Å²) in [4.78, 5) is 17.1. The van der Waals surface area contributed by atoms with Gasteiger partial charge in [0, 0.05) is 28.6 Å². The summed E-state index contributed by atoms with van der Waals surface area (Å²) in [7, 11) is 0. The first-order chi connectivity index (χ1) is 14.5. The minimum Gasteiger partial charge on any atom is -0.294 e. The molecule has 1 aliphatic rings. The normalized spacial score (nSPS) is 20.2. The number of hydrogen-bond acceptors (Lipinski definition) is 2. The zero-order chi connectivity index (χ0) is 21.1. The van der Waals surface area contributed by atoms with E-state index in [9.17, 15) is 9.18 Å². The van der Waals surface area contributed by atoms with E-state index in [-0.39, 0.29) is 11.6 Å². The minimum absolute atomic E-state index is 0.205. The van der Waals surface area contributed by atoms with Gasteiger partial charge in [-0.25, -0.2) is 4.39 Å². The maximum atomic E-state index is 13.8. The second kappa shape index (κ2) is 9.26. The van der Waals surface area contributed by atoms with Crippen LogP contribution in [0.4, 0.5) is 4.39 Å². The van der Waals surface area contributed by atoms with E-state index < -0.39 is 0 Å². The molecule has 156 valence electrons. The molecule has 1 aliphatic carbocycles. The van der Waals surface area contributed by atoms with Crippen molar-refractivity contribution < 1.29 is 9.18 Å². The van der Waals surface area contributed by atoms with E-state index in [2.05, 4.69) is 11.9 Å². The Kier molecular flexibility index (Phi) is 6.48. The van der Waals surface area contributed by atoms with Crippen LogP contribution >= 0.6 is 11.6 Å². The monoisotopic (exact) mass is 423 g/mol. The number of benzene rings is 2. The molecule has 4 heteroatoms. The van der Waals surface area contributed by atoms with Gasteiger partial charge in [-0.3, -0.25) is 9.78 Å². The van der Waals surface area contributed by atoms with Gasteiger partial charge in [-0.15, -0.1) is 0 Å². The van der Waals surface area contributed by atoms with Crippen molar-refractivity contribution in [1.82, 2.24) is 4.98 Å². The van der Waals surface area contributed by atoms with E-state index in [1.54, 1.807) is 24.3 Å². The van der Waals surface area contributed by atoms with Gasteiger partial charge in [-0.1, -0.05) is 24.9 Å². The summed E-state index contributed by atoms with van der Waals surface area (Å²) in [5.41, 5.74) is 2.82. The minimum atomic E-state index is -0.211. The van der Waals surface area contributed by atoms with E-state index in [1.165, 1.54) is 11.6 Å². The van der Waals surface area contributed by atoms with Crippen molar-refractivity contribution >= 4 is 28.3 Å². The molecule has 2 nitrogen and oxygen atoms in total. The van der Waals surface area contributed by atoms with E-state index in [0.29, 0.717) is 29.2 Å². The van der Waals surface area contributed by atoms with E-state index in [0.717, 1.165) is 48.6 Å². The topological polar surface area (TPSA) is 30.0 Å². The van der Waals surface area contributed by atoms with Crippen LogP contribution in [0.1, 0.15) is 67.3 Å². The molecule has 4 rings (SSSR count). The molecule has 1 fully saturated rings. The van der Waals surface area contributed by atoms with Crippen molar-refractivity contribution in [2.24, 2.45) is 11.8 Å². The Bertz CT molecular complexity index is 1020. The van der Waals surface area contributed by atoms with Crippen LogP contribution in [-0.2, 0) is 0 Å². The van der Waals surface area contributed by atoms with Gasteiger partial charge in [-0.05, 0) is 97.5 Å². The third-order valence-electron chi connectivity index (χ3n) is 6.75. The summed E-state index contributed by atoms with van der Waals surface area (Å²) >= 11 is 5.94. The average molecular weight is 424 g/mol. The highest BCUT2D eigenvalue weighted by Gasteiger charge is 2.29. The first-order valence-electron chi connectivity index (χ1n) is 10.9. The van der Waals surface area contributed by atoms with Gasteiger partial charge in [0.05, 0.1) is 5.52 Å². The second-order valence-corrected chi connectivity index (χ2v) is 8.91. The van der Waals surface area contributed by atoms with Crippen molar-refractivity contribution in [2.45, 2.75) is 51.4 Å². The zero-order valence-corrected chi connectivity index (χ0v) is 18.0. The number of pyridine rings is 1. The van der Waals surface area contributed by atoms with Crippen LogP contribution in [0.3, 0.4) is 0 Å². The molecular weight excluding hydrogens is 397 g/mol. The molecule has 0 aliphatic heterocycles. The Hall–Kier alpha value is -2.26. The molecule has 2 aromatic carbocycles. The molecule has 0 saturated heterocycles. The highest BCUT2D eigenvalue weighted by Crippen LogP contribution is 2.42. The lowest BCUT2D eigenvalue weighted by atomic mass is 9.71. The largest absolute Gasteiger partial charge is 0.294 e. The van der Waals surface area contributed by atoms with Crippen LogP contribution in [0, 0.1) is 17.7 Å². The van der Waals surface area contributed by atoms with Crippen molar-refractivity contribution in [3.05, 3.63) is 76.7 Å². The summed E-state index contributed by atoms with van der Waals surface area (Å²) in [5.74, 6) is 1.39. The summed E-state index contributed by atoms with van der Waals surface area (Å²) in [6, 6.07) is 14.1. The van der Waals surface area contributed by atoms with E-state index in [4.69, 9.17) is 11.6 Å². The highest BCUT2D eigenvalue weighted by molar-refractivity contribution is 6.30. The number of rotatable bonds is 6. The standard InChI is InChI=1S/C26H27ClFNO/c1-2-17(15-26(30)20-7-9-21(27)10-8-20)18-3-5-19(6-4-18)23-13-14-29-25-12-11-22(28)16-24(23)25/h7-14,16-19H,2-6,15H2,1H3. The highest BCUT2D eigenvalue weighted by atomic mass is 35.5. The van der Waals surface area contributed by atoms with Gasteiger partial charge in [-0.2, -0.15) is 0 Å². The molecule has 1 saturated carbocycles. The first kappa shape index (κ1) is 21.0. The number of Topliss-reactive ketones (excluding diaryl/α,β-unsaturated/α-hetero) is 1. The van der Waals surface area contributed by atoms with E-state index in [1.807, 2.05) is 24.4 Å². The maximum Gasteiger partial charge on any atom is 0.163 e. The van der Waals surface area contributed by atoms with Gasteiger partial charge in [0.25, 0.3) is 0 Å². The Balaban J connectivity index is 1.43. The Morgan fingerprint density at radius 1 is 1.10 bits per heavy atom. The van der Waals surface area contributed by atoms with Crippen LogP contribution < -0.4 is 0 Å². The molecule has 0 radical (unpaired) electrons. The molecule has 30 heavy (non-hydrogen) atoms. The molecule has 0 bridgehead atoms. The van der Waals surface area contributed by atoms with Gasteiger partial charge < -0.3 is 0 Å². The SMILES string of the molecule is CCC(CC(=O)c1ccc(Cl)cc1)C1CCC(c2ccnc3ccc(F)cc23)CC1. The van der Waals surface area contributed by atoms with Gasteiger partial charge >= 0.3 is 0 Å². The number of carbonyl (C=O) groups excluding carboxylic acids is 1. The van der Waals surface area contributed by atoms with Crippen LogP contribution in [0.5, 0.6) is 0 Å². The van der Waals surface area contributed by atoms with Crippen LogP contribution in [0.2, 0.25) is 5.02 Å². The average Bonchev–Trinajstić information content (AvgIpc) is 2.77. The lowest BCUT2D eigenvalue weighted by molar-refractivity contribution is 0.0926. The molecule has 0 spiro atoms. The van der Waals surface area contributed by atoms with Crippen LogP contribution in [-0.4, -0.2) is 10.8 Å². The number of hydrogen-bond donors (Lipinski definition) is 0. The van der Waals surface area contributed by atoms with Crippen molar-refractivity contribution in [3.8, 4) is 0 Å². The molecule has 1 heterocycles. The quantitative estimate of drug-likeness (QED) is 0.382. The molecular formula is C26H27ClFNO. The summed E-state index contributed by atoms with van der Waals surface area (Å²) in [6.07, 6.45) is 7.81. The Morgan fingerprint density at radius 3 is 2.53 bits per heavy atom. The number of carbonyl (C=O) groups is 1. The lowest BCUT2D eigenvalue weighted by Gasteiger charge is -2.34. The molecule has 0 N–H and O–H groups in total. The molecule has 1 aromatic heterocycles. The fourth-order valence-corrected chi connectivity index (χ4v) is 5.16. The van der Waals surface area contributed by atoms with Crippen molar-refractivity contribution in [1.29, 1.82) is 0 Å². The smallest absolute Gasteiger partial charge is 0.163 e. The summed E-state index contributed by atoms with van der Waals surface area (Å²) in [5, 5.41) is 1.59. The Labute approximate surface area is 182 Å². The summed E-state index contributed by atoms with van der Waals surface area (Å²) < 4.78 is 13.8. The van der Waals surface area contributed by atoms with Crippen molar-refractivity contribution in [2.75, 3.05) is 0 Å². The zero-order valence-electron chi connectivity index (χ0n) is 17.3. The lowest BCUT2D eigenvalue weighted by Crippen LogP contribution is -2.23. The maximum absolute atomic E-state index is 13.8. The summed E-state index contributed by atoms with van der Waals surface area (Å²) in [6.45, 7) is 2.19. The first-order valence-corrected chi connectivity index (χ1v) is 11.3. The number of ketones is 1. The fourth-order valence-electron chi connectivity index (χ4n) is 5.03. The Morgan fingerprint density at radius 2 is 1.83 bits per heavy atom.